The summed E-state index contributed by atoms with van der Waals surface area (Å²) in [5, 5.41) is 2.03. The molecule has 0 aromatic carbocycles. The Hall–Kier alpha value is -1.93. The van der Waals surface area contributed by atoms with Crippen LogP contribution in [-0.4, -0.2) is 20.0 Å². The Morgan fingerprint density at radius 3 is 2.89 bits per heavy atom. The van der Waals surface area contributed by atoms with Crippen molar-refractivity contribution in [3.05, 3.63) is 39.0 Å². The van der Waals surface area contributed by atoms with Crippen LogP contribution >= 0.6 is 11.3 Å². The standard InChI is InChI=1S/C11H15N5O2S/c1-2-3-15-4-5-16(11(15)18)6-8-7-19-10(13-8)9(17)14-12/h4-5,7H,2-3,6,12H2,1H3,(H,14,17). The van der Waals surface area contributed by atoms with Crippen LogP contribution < -0.4 is 17.0 Å². The van der Waals surface area contributed by atoms with Crippen molar-refractivity contribution in [1.29, 1.82) is 0 Å². The van der Waals surface area contributed by atoms with Gasteiger partial charge in [0.15, 0.2) is 5.01 Å². The molecule has 8 heteroatoms. The predicted molar refractivity (Wildman–Crippen MR) is 71.9 cm³/mol. The van der Waals surface area contributed by atoms with E-state index >= 15 is 0 Å². The van der Waals surface area contributed by atoms with Gasteiger partial charge in [-0.2, -0.15) is 0 Å². The molecule has 0 aliphatic heterocycles. The van der Waals surface area contributed by atoms with Gasteiger partial charge in [-0.1, -0.05) is 6.92 Å². The molecule has 102 valence electrons. The molecule has 0 spiro atoms. The van der Waals surface area contributed by atoms with Crippen LogP contribution in [0.5, 0.6) is 0 Å². The predicted octanol–water partition coefficient (Wildman–Crippen LogP) is 0.168. The van der Waals surface area contributed by atoms with E-state index in [1.54, 1.807) is 26.9 Å². The van der Waals surface area contributed by atoms with E-state index in [9.17, 15) is 9.59 Å². The van der Waals surface area contributed by atoms with Crippen LogP contribution in [0.1, 0.15) is 28.8 Å². The molecule has 19 heavy (non-hydrogen) atoms. The Labute approximate surface area is 113 Å². The van der Waals surface area contributed by atoms with Crippen LogP contribution in [-0.2, 0) is 13.1 Å². The number of thiazole rings is 1. The lowest BCUT2D eigenvalue weighted by atomic mass is 10.5. The molecule has 2 rings (SSSR count). The summed E-state index contributed by atoms with van der Waals surface area (Å²) in [6.45, 7) is 3.07. The fourth-order valence-corrected chi connectivity index (χ4v) is 2.42. The second kappa shape index (κ2) is 5.81. The summed E-state index contributed by atoms with van der Waals surface area (Å²) in [5.74, 6) is 4.61. The van der Waals surface area contributed by atoms with E-state index < -0.39 is 5.91 Å². The molecular formula is C11H15N5O2S. The number of nitrogens with zero attached hydrogens (tertiary/aromatic N) is 3. The summed E-state index contributed by atoms with van der Waals surface area (Å²) in [4.78, 5) is 27.4. The minimum absolute atomic E-state index is 0.0697. The van der Waals surface area contributed by atoms with Crippen LogP contribution in [0.25, 0.3) is 0 Å². The molecule has 3 N–H and O–H groups in total. The van der Waals surface area contributed by atoms with E-state index in [1.165, 1.54) is 11.3 Å². The smallest absolute Gasteiger partial charge is 0.299 e. The van der Waals surface area contributed by atoms with Gasteiger partial charge in [-0.15, -0.1) is 11.3 Å². The Kier molecular flexibility index (Phi) is 4.13. The average Bonchev–Trinajstić information content (AvgIpc) is 3.00. The number of nitrogens with one attached hydrogen (secondary N) is 1. The first-order valence-corrected chi connectivity index (χ1v) is 6.74. The maximum Gasteiger partial charge on any atom is 0.328 e. The minimum Gasteiger partial charge on any atom is -0.299 e. The first kappa shape index (κ1) is 13.5. The number of rotatable bonds is 5. The normalized spacial score (nSPS) is 10.6. The lowest BCUT2D eigenvalue weighted by molar-refractivity contribution is 0.0953. The third-order valence-corrected chi connectivity index (χ3v) is 3.48. The van der Waals surface area contributed by atoms with E-state index in [2.05, 4.69) is 4.98 Å². The highest BCUT2D eigenvalue weighted by atomic mass is 32.1. The number of carbonyl (C=O) groups is 1. The summed E-state index contributed by atoms with van der Waals surface area (Å²) in [6.07, 6.45) is 4.38. The monoisotopic (exact) mass is 281 g/mol. The SMILES string of the molecule is CCCn1ccn(Cc2csc(C(=O)NN)n2)c1=O. The molecular weight excluding hydrogens is 266 g/mol. The van der Waals surface area contributed by atoms with Gasteiger partial charge < -0.3 is 0 Å². The Morgan fingerprint density at radius 1 is 1.47 bits per heavy atom. The number of aromatic nitrogens is 3. The zero-order chi connectivity index (χ0) is 13.8. The molecule has 1 amide bonds. The van der Waals surface area contributed by atoms with Gasteiger partial charge in [0.2, 0.25) is 0 Å². The number of nitrogens with two attached hydrogens (primary N) is 1. The second-order valence-electron chi connectivity index (χ2n) is 4.02. The number of imidazole rings is 1. The summed E-state index contributed by atoms with van der Waals surface area (Å²) in [5.41, 5.74) is 2.62. The van der Waals surface area contributed by atoms with Gasteiger partial charge >= 0.3 is 5.69 Å². The molecule has 7 nitrogen and oxygen atoms in total. The summed E-state index contributed by atoms with van der Waals surface area (Å²) < 4.78 is 3.22. The van der Waals surface area contributed by atoms with Crippen molar-refractivity contribution in [3.8, 4) is 0 Å². The van der Waals surface area contributed by atoms with Crippen molar-refractivity contribution in [2.75, 3.05) is 0 Å². The van der Waals surface area contributed by atoms with E-state index in [4.69, 9.17) is 5.84 Å². The summed E-state index contributed by atoms with van der Waals surface area (Å²) in [7, 11) is 0. The van der Waals surface area contributed by atoms with Gasteiger partial charge in [0.25, 0.3) is 5.91 Å². The third kappa shape index (κ3) is 2.91. The fraction of sp³-hybridized carbons (Fsp3) is 0.364. The zero-order valence-corrected chi connectivity index (χ0v) is 11.3. The molecule has 0 saturated heterocycles. The number of aryl methyl sites for hydroxylation is 1. The highest BCUT2D eigenvalue weighted by Gasteiger charge is 2.11. The van der Waals surface area contributed by atoms with Gasteiger partial charge in [-0.3, -0.25) is 19.4 Å². The van der Waals surface area contributed by atoms with Gasteiger partial charge in [0.1, 0.15) is 0 Å². The van der Waals surface area contributed by atoms with Crippen molar-refractivity contribution in [3.63, 3.8) is 0 Å². The van der Waals surface area contributed by atoms with Crippen LogP contribution in [0.2, 0.25) is 0 Å². The number of hydrogen-bond acceptors (Lipinski definition) is 5. The fourth-order valence-electron chi connectivity index (χ4n) is 1.71. The Morgan fingerprint density at radius 2 is 2.21 bits per heavy atom. The molecule has 0 saturated carbocycles. The maximum absolute atomic E-state index is 12.0. The molecule has 0 aliphatic rings. The molecule has 0 unspecified atom stereocenters. The van der Waals surface area contributed by atoms with Crippen molar-refractivity contribution in [1.82, 2.24) is 19.5 Å². The summed E-state index contributed by atoms with van der Waals surface area (Å²) >= 11 is 1.20. The maximum atomic E-state index is 12.0. The second-order valence-corrected chi connectivity index (χ2v) is 4.88. The van der Waals surface area contributed by atoms with Crippen molar-refractivity contribution < 1.29 is 4.79 Å². The van der Waals surface area contributed by atoms with Crippen molar-refractivity contribution in [2.24, 2.45) is 5.84 Å². The van der Waals surface area contributed by atoms with Crippen LogP contribution in [0.15, 0.2) is 22.6 Å². The van der Waals surface area contributed by atoms with Crippen molar-refractivity contribution >= 4 is 17.2 Å². The number of amides is 1. The minimum atomic E-state index is -0.424. The highest BCUT2D eigenvalue weighted by molar-refractivity contribution is 7.11. The molecule has 2 aromatic heterocycles. The number of hydrazine groups is 1. The number of carbonyl (C=O) groups excluding carboxylic acids is 1. The highest BCUT2D eigenvalue weighted by Crippen LogP contribution is 2.10. The largest absolute Gasteiger partial charge is 0.328 e. The topological polar surface area (TPSA) is 94.9 Å². The number of hydrogen-bond donors (Lipinski definition) is 2. The van der Waals surface area contributed by atoms with E-state index in [-0.39, 0.29) is 5.69 Å². The van der Waals surface area contributed by atoms with E-state index in [1.807, 2.05) is 12.3 Å². The Bertz CT molecular complexity index is 627. The Balaban J connectivity index is 2.15. The molecule has 0 radical (unpaired) electrons. The average molecular weight is 281 g/mol. The molecule has 2 heterocycles. The number of nitrogen functional groups attached to an aromatic ring is 1. The van der Waals surface area contributed by atoms with Gasteiger partial charge in [-0.05, 0) is 6.42 Å². The molecule has 0 aliphatic carbocycles. The van der Waals surface area contributed by atoms with E-state index in [0.717, 1.165) is 6.42 Å². The third-order valence-electron chi connectivity index (χ3n) is 2.59. The van der Waals surface area contributed by atoms with E-state index in [0.29, 0.717) is 23.8 Å². The first-order valence-electron chi connectivity index (χ1n) is 5.86. The molecule has 0 fully saturated rings. The quantitative estimate of drug-likeness (QED) is 0.464. The van der Waals surface area contributed by atoms with Gasteiger partial charge in [-0.25, -0.2) is 15.6 Å². The van der Waals surface area contributed by atoms with Crippen LogP contribution in [0.3, 0.4) is 0 Å². The summed E-state index contributed by atoms with van der Waals surface area (Å²) in [6, 6.07) is 0. The zero-order valence-electron chi connectivity index (χ0n) is 10.5. The van der Waals surface area contributed by atoms with Gasteiger partial charge in [0.05, 0.1) is 12.2 Å². The van der Waals surface area contributed by atoms with Crippen molar-refractivity contribution in [2.45, 2.75) is 26.4 Å². The van der Waals surface area contributed by atoms with Crippen LogP contribution in [0, 0.1) is 0 Å². The lowest BCUT2D eigenvalue weighted by Crippen LogP contribution is -2.30. The molecule has 0 bridgehead atoms. The molecule has 2 aromatic rings. The molecule has 0 atom stereocenters. The van der Waals surface area contributed by atoms with Gasteiger partial charge in [0, 0.05) is 24.3 Å². The lowest BCUT2D eigenvalue weighted by Gasteiger charge is -1.99. The van der Waals surface area contributed by atoms with Crippen LogP contribution in [0.4, 0.5) is 0 Å². The first-order chi connectivity index (χ1) is 9.15.